The summed E-state index contributed by atoms with van der Waals surface area (Å²) in [5.74, 6) is 0.217. The van der Waals surface area contributed by atoms with Crippen molar-refractivity contribution in [2.24, 2.45) is 5.73 Å². The van der Waals surface area contributed by atoms with E-state index < -0.39 is 11.4 Å². The number of nitrogens with two attached hydrogens (primary N) is 1. The van der Waals surface area contributed by atoms with Gasteiger partial charge in [0.25, 0.3) is 0 Å². The number of carbonyl (C=O) groups excluding carboxylic acids is 1. The number of methoxy groups -OCH3 is 1. The number of amides is 1. The van der Waals surface area contributed by atoms with Gasteiger partial charge in [0.2, 0.25) is 5.91 Å². The fraction of sp³-hybridized carbons (Fsp3) is 0.318. The van der Waals surface area contributed by atoms with Gasteiger partial charge in [0.1, 0.15) is 23.4 Å². The van der Waals surface area contributed by atoms with Gasteiger partial charge in [-0.15, -0.1) is 0 Å². The molecule has 1 aliphatic rings. The average molecular weight is 444 g/mol. The van der Waals surface area contributed by atoms with E-state index in [-0.39, 0.29) is 16.6 Å². The van der Waals surface area contributed by atoms with Crippen LogP contribution in [-0.2, 0) is 11.3 Å². The number of benzene rings is 2. The highest BCUT2D eigenvalue weighted by molar-refractivity contribution is 6.31. The predicted octanol–water partition coefficient (Wildman–Crippen LogP) is 4.01. The first-order chi connectivity index (χ1) is 14.9. The molecule has 0 radical (unpaired) electrons. The summed E-state index contributed by atoms with van der Waals surface area (Å²) >= 11 is 5.90. The lowest BCUT2D eigenvalue weighted by atomic mass is 10.1. The van der Waals surface area contributed by atoms with Crippen LogP contribution in [0.4, 0.5) is 15.9 Å². The Hall–Kier alpha value is -2.97. The maximum Gasteiger partial charge on any atom is 0.237 e. The second-order valence-corrected chi connectivity index (χ2v) is 7.95. The van der Waals surface area contributed by atoms with Crippen molar-refractivity contribution in [2.45, 2.75) is 31.8 Å². The summed E-state index contributed by atoms with van der Waals surface area (Å²) in [6.45, 7) is 3.13. The molecule has 0 spiro atoms. The lowest BCUT2D eigenvalue weighted by Crippen LogP contribution is -2.46. The number of primary amides is 1. The van der Waals surface area contributed by atoms with E-state index in [1.54, 1.807) is 19.2 Å². The van der Waals surface area contributed by atoms with Gasteiger partial charge >= 0.3 is 0 Å². The first-order valence-corrected chi connectivity index (χ1v) is 10.3. The standard InChI is InChI=1S/C22H23ClFN5O2/c1-3-29(22(7-8-22)21(25)30)11-13-9-14-17(10-18(13)31-2)26-12-27-20(14)28-16-6-4-5-15(23)19(16)24/h4-6,9-10,12H,3,7-8,11H2,1-2H3,(H2,25,30)(H,26,27,28). The van der Waals surface area contributed by atoms with Crippen LogP contribution in [0.15, 0.2) is 36.7 Å². The summed E-state index contributed by atoms with van der Waals surface area (Å²) in [5, 5.41) is 3.72. The van der Waals surface area contributed by atoms with Crippen molar-refractivity contribution in [3.63, 3.8) is 0 Å². The van der Waals surface area contributed by atoms with Crippen LogP contribution < -0.4 is 15.8 Å². The Bertz CT molecular complexity index is 1150. The Morgan fingerprint density at radius 1 is 1.35 bits per heavy atom. The zero-order valence-corrected chi connectivity index (χ0v) is 18.0. The minimum atomic E-state index is -0.604. The molecule has 7 nitrogen and oxygen atoms in total. The fourth-order valence-electron chi connectivity index (χ4n) is 3.88. The number of nitrogens with one attached hydrogen (secondary N) is 1. The normalized spacial score (nSPS) is 14.6. The number of likely N-dealkylation sites (N-methyl/N-ethyl adjacent to an activating group) is 1. The van der Waals surface area contributed by atoms with E-state index in [9.17, 15) is 9.18 Å². The van der Waals surface area contributed by atoms with Crippen LogP contribution in [0, 0.1) is 5.82 Å². The van der Waals surface area contributed by atoms with Gasteiger partial charge in [0.05, 0.1) is 23.3 Å². The van der Waals surface area contributed by atoms with Gasteiger partial charge < -0.3 is 15.8 Å². The Morgan fingerprint density at radius 3 is 2.77 bits per heavy atom. The molecular weight excluding hydrogens is 421 g/mol. The second kappa shape index (κ2) is 8.28. The molecule has 2 aromatic carbocycles. The quantitative estimate of drug-likeness (QED) is 0.546. The van der Waals surface area contributed by atoms with Gasteiger partial charge in [-0.3, -0.25) is 9.69 Å². The lowest BCUT2D eigenvalue weighted by molar-refractivity contribution is -0.125. The summed E-state index contributed by atoms with van der Waals surface area (Å²) in [5.41, 5.74) is 6.78. The van der Waals surface area contributed by atoms with Gasteiger partial charge in [0, 0.05) is 23.6 Å². The lowest BCUT2D eigenvalue weighted by Gasteiger charge is -2.29. The van der Waals surface area contributed by atoms with E-state index in [0.717, 1.165) is 18.4 Å². The molecule has 1 fully saturated rings. The molecular formula is C22H23ClFN5O2. The zero-order valence-electron chi connectivity index (χ0n) is 17.3. The largest absolute Gasteiger partial charge is 0.496 e. The van der Waals surface area contributed by atoms with Gasteiger partial charge in [-0.25, -0.2) is 14.4 Å². The minimum absolute atomic E-state index is 0.0190. The van der Waals surface area contributed by atoms with E-state index >= 15 is 0 Å². The van der Waals surface area contributed by atoms with Crippen molar-refractivity contribution in [3.8, 4) is 5.75 Å². The van der Waals surface area contributed by atoms with Crippen LogP contribution in [-0.4, -0.2) is 40.0 Å². The summed E-state index contributed by atoms with van der Waals surface area (Å²) in [6.07, 6.45) is 2.89. The number of aromatic nitrogens is 2. The first kappa shape index (κ1) is 21.3. The van der Waals surface area contributed by atoms with E-state index in [0.29, 0.717) is 35.6 Å². The number of hydrogen-bond donors (Lipinski definition) is 2. The zero-order chi connectivity index (χ0) is 22.2. The van der Waals surface area contributed by atoms with Gasteiger partial charge in [-0.1, -0.05) is 24.6 Å². The van der Waals surface area contributed by atoms with Crippen LogP contribution in [0.1, 0.15) is 25.3 Å². The maximum absolute atomic E-state index is 14.4. The molecule has 0 saturated heterocycles. The molecule has 9 heteroatoms. The number of rotatable bonds is 8. The van der Waals surface area contributed by atoms with Crippen molar-refractivity contribution in [1.82, 2.24) is 14.9 Å². The van der Waals surface area contributed by atoms with Gasteiger partial charge in [-0.05, 0) is 37.6 Å². The number of anilines is 2. The number of ether oxygens (including phenoxy) is 1. The third-order valence-electron chi connectivity index (χ3n) is 5.77. The molecule has 0 bridgehead atoms. The van der Waals surface area contributed by atoms with Crippen molar-refractivity contribution < 1.29 is 13.9 Å². The summed E-state index contributed by atoms with van der Waals surface area (Å²) < 4.78 is 20.0. The van der Waals surface area contributed by atoms with E-state index in [1.807, 2.05) is 19.1 Å². The number of halogens is 2. The van der Waals surface area contributed by atoms with Crippen LogP contribution >= 0.6 is 11.6 Å². The van der Waals surface area contributed by atoms with E-state index in [2.05, 4.69) is 20.2 Å². The Labute approximate surface area is 184 Å². The summed E-state index contributed by atoms with van der Waals surface area (Å²) in [4.78, 5) is 22.7. The molecule has 1 saturated carbocycles. The maximum atomic E-state index is 14.4. The van der Waals surface area contributed by atoms with Crippen molar-refractivity contribution in [3.05, 3.63) is 53.1 Å². The molecule has 0 atom stereocenters. The molecule has 1 amide bonds. The Morgan fingerprint density at radius 2 is 2.13 bits per heavy atom. The first-order valence-electron chi connectivity index (χ1n) is 9.97. The molecule has 0 unspecified atom stereocenters. The van der Waals surface area contributed by atoms with Crippen LogP contribution in [0.25, 0.3) is 10.9 Å². The number of carbonyl (C=O) groups is 1. The highest BCUT2D eigenvalue weighted by Gasteiger charge is 2.52. The Balaban J connectivity index is 1.75. The molecule has 0 aliphatic heterocycles. The van der Waals surface area contributed by atoms with Crippen LogP contribution in [0.3, 0.4) is 0 Å². The molecule has 162 valence electrons. The second-order valence-electron chi connectivity index (χ2n) is 7.54. The van der Waals surface area contributed by atoms with Crippen LogP contribution in [0.5, 0.6) is 5.75 Å². The SMILES string of the molecule is CCN(Cc1cc2c(Nc3cccc(Cl)c3F)ncnc2cc1OC)C1(C(N)=O)CC1. The Kier molecular flexibility index (Phi) is 5.68. The van der Waals surface area contributed by atoms with E-state index in [4.69, 9.17) is 22.1 Å². The number of fused-ring (bicyclic) bond motifs is 1. The summed E-state index contributed by atoms with van der Waals surface area (Å²) in [6, 6.07) is 8.43. The minimum Gasteiger partial charge on any atom is -0.496 e. The van der Waals surface area contributed by atoms with E-state index in [1.165, 1.54) is 12.4 Å². The molecule has 3 aromatic rings. The highest BCUT2D eigenvalue weighted by atomic mass is 35.5. The van der Waals surface area contributed by atoms with Crippen molar-refractivity contribution in [1.29, 1.82) is 0 Å². The molecule has 1 heterocycles. The van der Waals surface area contributed by atoms with Crippen molar-refractivity contribution >= 4 is 39.9 Å². The third-order valence-corrected chi connectivity index (χ3v) is 6.06. The predicted molar refractivity (Wildman–Crippen MR) is 118 cm³/mol. The van der Waals surface area contributed by atoms with Crippen LogP contribution in [0.2, 0.25) is 5.02 Å². The summed E-state index contributed by atoms with van der Waals surface area (Å²) in [7, 11) is 1.59. The topological polar surface area (TPSA) is 93.4 Å². The fourth-order valence-corrected chi connectivity index (χ4v) is 4.05. The third kappa shape index (κ3) is 3.88. The number of nitrogens with zero attached hydrogens (tertiary/aromatic N) is 3. The van der Waals surface area contributed by atoms with Gasteiger partial charge in [0.15, 0.2) is 5.82 Å². The molecule has 4 rings (SSSR count). The molecule has 31 heavy (non-hydrogen) atoms. The molecule has 3 N–H and O–H groups in total. The molecule has 1 aromatic heterocycles. The monoisotopic (exact) mass is 443 g/mol. The molecule has 1 aliphatic carbocycles. The average Bonchev–Trinajstić information content (AvgIpc) is 3.57. The highest BCUT2D eigenvalue weighted by Crippen LogP contribution is 2.43. The number of hydrogen-bond acceptors (Lipinski definition) is 6. The van der Waals surface area contributed by atoms with Crippen molar-refractivity contribution in [2.75, 3.05) is 19.0 Å². The smallest absolute Gasteiger partial charge is 0.237 e. The van der Waals surface area contributed by atoms with Gasteiger partial charge in [-0.2, -0.15) is 0 Å².